The molecule has 0 bridgehead atoms. The minimum Gasteiger partial charge on any atom is -0.468 e. The summed E-state index contributed by atoms with van der Waals surface area (Å²) in [5, 5.41) is 9.11. The molecule has 1 aromatic carbocycles. The van der Waals surface area contributed by atoms with Gasteiger partial charge in [-0.05, 0) is 18.6 Å². The number of ether oxygens (including phenoxy) is 1. The Morgan fingerprint density at radius 1 is 1.40 bits per heavy atom. The predicted molar refractivity (Wildman–Crippen MR) is 77.8 cm³/mol. The van der Waals surface area contributed by atoms with Gasteiger partial charge < -0.3 is 4.74 Å². The average Bonchev–Trinajstić information content (AvgIpc) is 2.43. The molecule has 0 heterocycles. The number of hydrogen-bond acceptors (Lipinski definition) is 4. The molecule has 0 aliphatic carbocycles. The topological polar surface area (TPSA) is 67.2 Å². The second-order valence-electron chi connectivity index (χ2n) is 4.25. The van der Waals surface area contributed by atoms with Gasteiger partial charge in [-0.15, -0.1) is 0 Å². The monoisotopic (exact) mass is 335 g/mol. The third-order valence-corrected chi connectivity index (χ3v) is 3.71. The Hall–Kier alpha value is -1.93. The fraction of sp³-hybridized carbons (Fsp3) is 0.267. The van der Waals surface area contributed by atoms with Gasteiger partial charge >= 0.3 is 5.97 Å². The molecule has 104 valence electrons. The van der Waals surface area contributed by atoms with Crippen LogP contribution in [0.5, 0.6) is 0 Å². The van der Waals surface area contributed by atoms with Crippen molar-refractivity contribution in [3.05, 3.63) is 46.5 Å². The van der Waals surface area contributed by atoms with E-state index in [1.165, 1.54) is 14.0 Å². The molecule has 2 unspecified atom stereocenters. The summed E-state index contributed by atoms with van der Waals surface area (Å²) in [6, 6.07) is 9.03. The number of methoxy groups -OCH3 is 1. The molecular formula is C15H14BrNO3. The lowest BCUT2D eigenvalue weighted by Gasteiger charge is -2.23. The molecule has 5 heteroatoms. The number of benzene rings is 1. The van der Waals surface area contributed by atoms with Gasteiger partial charge in [0.25, 0.3) is 0 Å². The maximum atomic E-state index is 11.9. The molecular weight excluding hydrogens is 322 g/mol. The number of rotatable bonds is 5. The molecule has 1 rings (SSSR count). The number of carbonyl (C=O) groups is 2. The van der Waals surface area contributed by atoms with Crippen LogP contribution in [-0.4, -0.2) is 18.9 Å². The van der Waals surface area contributed by atoms with Crippen molar-refractivity contribution in [2.45, 2.75) is 12.8 Å². The van der Waals surface area contributed by atoms with Crippen LogP contribution < -0.4 is 0 Å². The first-order valence-corrected chi connectivity index (χ1v) is 6.65. The standard InChI is InChI=1S/C15H14BrNO3/c1-9(8-17)13(11-6-4-5-7-12(11)16)14(10(2)18)15(19)20-3/h4-7,13-14H,1H2,2-3H3. The molecule has 0 aliphatic rings. The van der Waals surface area contributed by atoms with Gasteiger partial charge in [0.15, 0.2) is 0 Å². The summed E-state index contributed by atoms with van der Waals surface area (Å²) in [5.74, 6) is -2.85. The lowest BCUT2D eigenvalue weighted by molar-refractivity contribution is -0.149. The van der Waals surface area contributed by atoms with Crippen LogP contribution in [-0.2, 0) is 14.3 Å². The van der Waals surface area contributed by atoms with Crippen LogP contribution >= 0.6 is 15.9 Å². The molecule has 0 saturated heterocycles. The van der Waals surface area contributed by atoms with Crippen LogP contribution in [0.2, 0.25) is 0 Å². The molecule has 0 spiro atoms. The van der Waals surface area contributed by atoms with E-state index in [0.717, 1.165) is 0 Å². The fourth-order valence-corrected chi connectivity index (χ4v) is 2.56. The Balaban J connectivity index is 3.43. The third kappa shape index (κ3) is 3.34. The molecule has 0 aromatic heterocycles. The molecule has 0 saturated carbocycles. The molecule has 0 fully saturated rings. The highest BCUT2D eigenvalue weighted by molar-refractivity contribution is 9.10. The van der Waals surface area contributed by atoms with E-state index in [4.69, 9.17) is 5.26 Å². The zero-order valence-electron chi connectivity index (χ0n) is 11.2. The molecule has 20 heavy (non-hydrogen) atoms. The van der Waals surface area contributed by atoms with Crippen molar-refractivity contribution >= 4 is 27.7 Å². The van der Waals surface area contributed by atoms with Crippen molar-refractivity contribution in [2.75, 3.05) is 7.11 Å². The van der Waals surface area contributed by atoms with Gasteiger partial charge in [0.05, 0.1) is 13.2 Å². The minimum absolute atomic E-state index is 0.141. The fourth-order valence-electron chi connectivity index (χ4n) is 2.03. The number of nitriles is 1. The van der Waals surface area contributed by atoms with Crippen molar-refractivity contribution in [1.82, 2.24) is 0 Å². The van der Waals surface area contributed by atoms with Crippen LogP contribution in [0.3, 0.4) is 0 Å². The van der Waals surface area contributed by atoms with Crippen LogP contribution in [0, 0.1) is 17.2 Å². The molecule has 2 atom stereocenters. The van der Waals surface area contributed by atoms with Crippen molar-refractivity contribution in [3.63, 3.8) is 0 Å². The van der Waals surface area contributed by atoms with Gasteiger partial charge in [0, 0.05) is 16.0 Å². The van der Waals surface area contributed by atoms with Crippen LogP contribution in [0.1, 0.15) is 18.4 Å². The van der Waals surface area contributed by atoms with Gasteiger partial charge in [-0.3, -0.25) is 9.59 Å². The normalized spacial score (nSPS) is 12.9. The van der Waals surface area contributed by atoms with E-state index in [9.17, 15) is 9.59 Å². The summed E-state index contributed by atoms with van der Waals surface area (Å²) in [6.45, 7) is 4.97. The van der Waals surface area contributed by atoms with Gasteiger partial charge in [0.2, 0.25) is 0 Å². The summed E-state index contributed by atoms with van der Waals surface area (Å²) in [5.41, 5.74) is 0.798. The summed E-state index contributed by atoms with van der Waals surface area (Å²) in [4.78, 5) is 23.7. The highest BCUT2D eigenvalue weighted by Gasteiger charge is 2.37. The average molecular weight is 336 g/mol. The zero-order valence-corrected chi connectivity index (χ0v) is 12.8. The van der Waals surface area contributed by atoms with Crippen LogP contribution in [0.15, 0.2) is 40.9 Å². The Morgan fingerprint density at radius 3 is 2.45 bits per heavy atom. The SMILES string of the molecule is C=C(C#N)C(c1ccccc1Br)C(C(C)=O)C(=O)OC. The lowest BCUT2D eigenvalue weighted by Crippen LogP contribution is -2.30. The van der Waals surface area contributed by atoms with E-state index < -0.39 is 17.8 Å². The number of ketones is 1. The van der Waals surface area contributed by atoms with Crippen LogP contribution in [0.4, 0.5) is 0 Å². The highest BCUT2D eigenvalue weighted by Crippen LogP contribution is 2.36. The Labute approximate surface area is 126 Å². The number of allylic oxidation sites excluding steroid dienone is 1. The largest absolute Gasteiger partial charge is 0.468 e. The first-order chi connectivity index (χ1) is 9.43. The van der Waals surface area contributed by atoms with E-state index >= 15 is 0 Å². The van der Waals surface area contributed by atoms with Gasteiger partial charge in [0.1, 0.15) is 11.7 Å². The second kappa shape index (κ2) is 7.01. The van der Waals surface area contributed by atoms with E-state index in [1.54, 1.807) is 24.3 Å². The third-order valence-electron chi connectivity index (χ3n) is 2.99. The maximum absolute atomic E-state index is 11.9. The Bertz CT molecular complexity index is 589. The van der Waals surface area contributed by atoms with Gasteiger partial charge in [-0.1, -0.05) is 40.7 Å². The van der Waals surface area contributed by atoms with E-state index in [0.29, 0.717) is 10.0 Å². The molecule has 0 radical (unpaired) electrons. The van der Waals surface area contributed by atoms with Crippen molar-refractivity contribution in [1.29, 1.82) is 5.26 Å². The highest BCUT2D eigenvalue weighted by atomic mass is 79.9. The van der Waals surface area contributed by atoms with Gasteiger partial charge in [-0.25, -0.2) is 0 Å². The Kier molecular flexibility index (Phi) is 5.66. The second-order valence-corrected chi connectivity index (χ2v) is 5.10. The molecule has 0 aliphatic heterocycles. The molecule has 4 nitrogen and oxygen atoms in total. The van der Waals surface area contributed by atoms with Crippen LogP contribution in [0.25, 0.3) is 0 Å². The number of halogens is 1. The predicted octanol–water partition coefficient (Wildman–Crippen LogP) is 2.99. The first kappa shape index (κ1) is 16.1. The number of esters is 1. The zero-order chi connectivity index (χ0) is 15.3. The number of hydrogen-bond donors (Lipinski definition) is 0. The summed E-state index contributed by atoms with van der Waals surface area (Å²) < 4.78 is 5.39. The summed E-state index contributed by atoms with van der Waals surface area (Å²) >= 11 is 3.37. The van der Waals surface area contributed by atoms with Gasteiger partial charge in [-0.2, -0.15) is 5.26 Å². The van der Waals surface area contributed by atoms with E-state index in [-0.39, 0.29) is 11.4 Å². The number of carbonyl (C=O) groups excluding carboxylic acids is 2. The number of nitrogens with zero attached hydrogens (tertiary/aromatic N) is 1. The minimum atomic E-state index is -1.08. The quantitative estimate of drug-likeness (QED) is 0.471. The summed E-state index contributed by atoms with van der Waals surface area (Å²) in [7, 11) is 1.21. The molecule has 0 N–H and O–H groups in total. The first-order valence-electron chi connectivity index (χ1n) is 5.85. The number of Topliss-reactive ketones (excluding diaryl/α,β-unsaturated/α-hetero) is 1. The Morgan fingerprint density at radius 2 is 2.00 bits per heavy atom. The van der Waals surface area contributed by atoms with Crippen molar-refractivity contribution in [3.8, 4) is 6.07 Å². The molecule has 1 aromatic rings. The lowest BCUT2D eigenvalue weighted by atomic mass is 9.79. The van der Waals surface area contributed by atoms with Crippen molar-refractivity contribution in [2.24, 2.45) is 5.92 Å². The van der Waals surface area contributed by atoms with E-state index in [1.807, 2.05) is 6.07 Å². The van der Waals surface area contributed by atoms with E-state index in [2.05, 4.69) is 27.2 Å². The smallest absolute Gasteiger partial charge is 0.317 e. The summed E-state index contributed by atoms with van der Waals surface area (Å²) in [6.07, 6.45) is 0. The maximum Gasteiger partial charge on any atom is 0.317 e. The molecule has 0 amide bonds. The van der Waals surface area contributed by atoms with Crippen molar-refractivity contribution < 1.29 is 14.3 Å².